The Kier molecular flexibility index (Phi) is 3.76. The molecule has 0 aliphatic carbocycles. The van der Waals surface area contributed by atoms with Gasteiger partial charge in [-0.25, -0.2) is 4.98 Å². The van der Waals surface area contributed by atoms with E-state index in [1.54, 1.807) is 6.07 Å². The van der Waals surface area contributed by atoms with Crippen LogP contribution in [0.15, 0.2) is 40.4 Å². The van der Waals surface area contributed by atoms with Crippen LogP contribution >= 0.6 is 11.8 Å². The van der Waals surface area contributed by atoms with E-state index < -0.39 is 5.91 Å². The van der Waals surface area contributed by atoms with Crippen LogP contribution in [-0.4, -0.2) is 10.9 Å². The summed E-state index contributed by atoms with van der Waals surface area (Å²) >= 11 is 1.42. The number of hydrogen-bond donors (Lipinski definition) is 2. The number of hydrogen-bond acceptors (Lipinski definition) is 4. The minimum absolute atomic E-state index is 0.353. The molecule has 1 aromatic carbocycles. The third-order valence-electron chi connectivity index (χ3n) is 2.69. The van der Waals surface area contributed by atoms with Crippen molar-refractivity contribution in [3.63, 3.8) is 0 Å². The molecule has 0 atom stereocenters. The monoisotopic (exact) mass is 273 g/mol. The van der Waals surface area contributed by atoms with Gasteiger partial charge < -0.3 is 11.5 Å². The zero-order valence-corrected chi connectivity index (χ0v) is 11.6. The summed E-state index contributed by atoms with van der Waals surface area (Å²) in [6, 6.07) is 7.70. The summed E-state index contributed by atoms with van der Waals surface area (Å²) in [7, 11) is 0. The SMILES string of the molecule is Cc1ccc(C)c(Sc2ncc(N)cc2C(N)=O)c1. The molecule has 98 valence electrons. The number of benzene rings is 1. The summed E-state index contributed by atoms with van der Waals surface area (Å²) in [6.45, 7) is 4.04. The van der Waals surface area contributed by atoms with Crippen LogP contribution in [0.5, 0.6) is 0 Å². The van der Waals surface area contributed by atoms with Crippen LogP contribution in [0.3, 0.4) is 0 Å². The van der Waals surface area contributed by atoms with Crippen LogP contribution < -0.4 is 11.5 Å². The molecule has 2 rings (SSSR count). The number of aromatic nitrogens is 1. The molecule has 0 radical (unpaired) electrons. The second kappa shape index (κ2) is 5.32. The van der Waals surface area contributed by atoms with Crippen molar-refractivity contribution in [2.75, 3.05) is 5.73 Å². The zero-order chi connectivity index (χ0) is 14.0. The molecule has 0 saturated carbocycles. The Labute approximate surface area is 116 Å². The van der Waals surface area contributed by atoms with Gasteiger partial charge in [0.2, 0.25) is 0 Å². The Bertz CT molecular complexity index is 641. The maximum Gasteiger partial charge on any atom is 0.251 e. The highest BCUT2D eigenvalue weighted by atomic mass is 32.2. The fraction of sp³-hybridized carbons (Fsp3) is 0.143. The van der Waals surface area contributed by atoms with E-state index in [9.17, 15) is 4.79 Å². The predicted molar refractivity (Wildman–Crippen MR) is 77.2 cm³/mol. The molecule has 4 N–H and O–H groups in total. The summed E-state index contributed by atoms with van der Waals surface area (Å²) in [5.74, 6) is -0.521. The number of primary amides is 1. The Morgan fingerprint density at radius 1 is 1.26 bits per heavy atom. The fourth-order valence-electron chi connectivity index (χ4n) is 1.65. The van der Waals surface area contributed by atoms with Crippen LogP contribution in [0.4, 0.5) is 5.69 Å². The number of nitrogens with zero attached hydrogens (tertiary/aromatic N) is 1. The van der Waals surface area contributed by atoms with Gasteiger partial charge in [0.15, 0.2) is 0 Å². The molecule has 5 heteroatoms. The van der Waals surface area contributed by atoms with E-state index in [-0.39, 0.29) is 0 Å². The van der Waals surface area contributed by atoms with Gasteiger partial charge in [-0.2, -0.15) is 0 Å². The lowest BCUT2D eigenvalue weighted by atomic mass is 10.2. The molecule has 1 heterocycles. The zero-order valence-electron chi connectivity index (χ0n) is 10.8. The molecule has 0 aliphatic heterocycles. The van der Waals surface area contributed by atoms with Gasteiger partial charge in [-0.3, -0.25) is 4.79 Å². The van der Waals surface area contributed by atoms with Crippen molar-refractivity contribution < 1.29 is 4.79 Å². The van der Waals surface area contributed by atoms with Crippen LogP contribution in [0.2, 0.25) is 0 Å². The molecule has 1 amide bonds. The van der Waals surface area contributed by atoms with Crippen molar-refractivity contribution in [2.45, 2.75) is 23.8 Å². The summed E-state index contributed by atoms with van der Waals surface area (Å²) < 4.78 is 0. The van der Waals surface area contributed by atoms with E-state index >= 15 is 0 Å². The predicted octanol–water partition coefficient (Wildman–Crippen LogP) is 2.53. The van der Waals surface area contributed by atoms with E-state index in [2.05, 4.69) is 11.1 Å². The number of aryl methyl sites for hydroxylation is 2. The number of amides is 1. The van der Waals surface area contributed by atoms with Gasteiger partial charge in [-0.05, 0) is 37.1 Å². The molecule has 0 bridgehead atoms. The minimum Gasteiger partial charge on any atom is -0.397 e. The van der Waals surface area contributed by atoms with Crippen molar-refractivity contribution in [3.8, 4) is 0 Å². The summed E-state index contributed by atoms with van der Waals surface area (Å²) in [5.41, 5.74) is 14.1. The molecule has 0 aliphatic rings. The summed E-state index contributed by atoms with van der Waals surface area (Å²) in [5, 5.41) is 0.579. The minimum atomic E-state index is -0.521. The summed E-state index contributed by atoms with van der Waals surface area (Å²) in [4.78, 5) is 16.7. The Hall–Kier alpha value is -2.01. The maximum atomic E-state index is 11.4. The number of nitrogen functional groups attached to an aromatic ring is 1. The van der Waals surface area contributed by atoms with Crippen molar-refractivity contribution in [1.29, 1.82) is 0 Å². The average molecular weight is 273 g/mol. The highest BCUT2D eigenvalue weighted by Crippen LogP contribution is 2.32. The molecular formula is C14H15N3OS. The van der Waals surface area contributed by atoms with Crippen molar-refractivity contribution in [2.24, 2.45) is 5.73 Å². The van der Waals surface area contributed by atoms with E-state index in [0.29, 0.717) is 16.3 Å². The number of carbonyl (C=O) groups is 1. The van der Waals surface area contributed by atoms with Gasteiger partial charge in [-0.1, -0.05) is 23.9 Å². The van der Waals surface area contributed by atoms with E-state index in [1.165, 1.54) is 18.0 Å². The van der Waals surface area contributed by atoms with Gasteiger partial charge in [0.25, 0.3) is 5.91 Å². The molecule has 0 fully saturated rings. The Morgan fingerprint density at radius 3 is 2.68 bits per heavy atom. The van der Waals surface area contributed by atoms with Crippen LogP contribution in [0, 0.1) is 13.8 Å². The summed E-state index contributed by atoms with van der Waals surface area (Å²) in [6.07, 6.45) is 1.53. The first kappa shape index (κ1) is 13.4. The number of pyridine rings is 1. The highest BCUT2D eigenvalue weighted by Gasteiger charge is 2.12. The molecule has 1 aromatic heterocycles. The average Bonchev–Trinajstić information content (AvgIpc) is 2.35. The number of rotatable bonds is 3. The molecule has 19 heavy (non-hydrogen) atoms. The number of nitrogens with two attached hydrogens (primary N) is 2. The molecule has 0 saturated heterocycles. The van der Waals surface area contributed by atoms with E-state index in [1.807, 2.05) is 26.0 Å². The first-order valence-corrected chi connectivity index (χ1v) is 6.59. The molecule has 0 spiro atoms. The smallest absolute Gasteiger partial charge is 0.251 e. The van der Waals surface area contributed by atoms with Gasteiger partial charge in [0.1, 0.15) is 5.03 Å². The van der Waals surface area contributed by atoms with E-state index in [0.717, 1.165) is 16.0 Å². The normalized spacial score (nSPS) is 10.4. The fourth-order valence-corrected chi connectivity index (χ4v) is 2.70. The molecular weight excluding hydrogens is 258 g/mol. The lowest BCUT2D eigenvalue weighted by molar-refractivity contribution is 0.0997. The van der Waals surface area contributed by atoms with Crippen LogP contribution in [0.25, 0.3) is 0 Å². The quantitative estimate of drug-likeness (QED) is 0.900. The molecule has 2 aromatic rings. The second-order valence-corrected chi connectivity index (χ2v) is 5.39. The van der Waals surface area contributed by atoms with Crippen molar-refractivity contribution in [3.05, 3.63) is 47.2 Å². The molecule has 0 unspecified atom stereocenters. The largest absolute Gasteiger partial charge is 0.397 e. The lowest BCUT2D eigenvalue weighted by Crippen LogP contribution is -2.13. The van der Waals surface area contributed by atoms with Gasteiger partial charge >= 0.3 is 0 Å². The second-order valence-electron chi connectivity index (χ2n) is 4.36. The highest BCUT2D eigenvalue weighted by molar-refractivity contribution is 7.99. The first-order chi connectivity index (χ1) is 8.97. The van der Waals surface area contributed by atoms with Gasteiger partial charge in [0, 0.05) is 4.90 Å². The lowest BCUT2D eigenvalue weighted by Gasteiger charge is -2.09. The third kappa shape index (κ3) is 3.06. The van der Waals surface area contributed by atoms with Crippen LogP contribution in [0.1, 0.15) is 21.5 Å². The number of anilines is 1. The topological polar surface area (TPSA) is 82.0 Å². The maximum absolute atomic E-state index is 11.4. The van der Waals surface area contributed by atoms with Crippen molar-refractivity contribution >= 4 is 23.4 Å². The van der Waals surface area contributed by atoms with Gasteiger partial charge in [0.05, 0.1) is 17.4 Å². The first-order valence-electron chi connectivity index (χ1n) is 5.78. The Balaban J connectivity index is 2.43. The Morgan fingerprint density at radius 2 is 2.00 bits per heavy atom. The number of carbonyl (C=O) groups excluding carboxylic acids is 1. The third-order valence-corrected chi connectivity index (χ3v) is 3.87. The van der Waals surface area contributed by atoms with Gasteiger partial charge in [-0.15, -0.1) is 0 Å². The molecule has 4 nitrogen and oxygen atoms in total. The van der Waals surface area contributed by atoms with Crippen molar-refractivity contribution in [1.82, 2.24) is 4.98 Å². The van der Waals surface area contributed by atoms with E-state index in [4.69, 9.17) is 11.5 Å². The standard InChI is InChI=1S/C14H15N3OS/c1-8-3-4-9(2)12(5-8)19-14-11(13(16)18)6-10(15)7-17-14/h3-7H,15H2,1-2H3,(H2,16,18). The van der Waals surface area contributed by atoms with Crippen LogP contribution in [-0.2, 0) is 0 Å².